The number of benzene rings is 2. The number of amides is 2. The van der Waals surface area contributed by atoms with Crippen molar-refractivity contribution in [2.75, 3.05) is 26.2 Å². The van der Waals surface area contributed by atoms with E-state index in [9.17, 15) is 14.7 Å². The third-order valence-corrected chi connectivity index (χ3v) is 7.75. The second kappa shape index (κ2) is 11.4. The van der Waals surface area contributed by atoms with E-state index in [4.69, 9.17) is 16.3 Å². The van der Waals surface area contributed by atoms with Crippen LogP contribution in [0, 0.1) is 5.41 Å². The maximum atomic E-state index is 13.6. The lowest BCUT2D eigenvalue weighted by molar-refractivity contribution is -0.140. The van der Waals surface area contributed by atoms with E-state index in [-0.39, 0.29) is 29.0 Å². The third-order valence-electron chi connectivity index (χ3n) is 7.45. The highest BCUT2D eigenvalue weighted by atomic mass is 35.5. The van der Waals surface area contributed by atoms with Crippen molar-refractivity contribution in [2.45, 2.75) is 45.1 Å². The predicted molar refractivity (Wildman–Crippen MR) is 142 cm³/mol. The van der Waals surface area contributed by atoms with Gasteiger partial charge < -0.3 is 20.1 Å². The number of halogens is 1. The second-order valence-corrected chi connectivity index (χ2v) is 10.5. The van der Waals surface area contributed by atoms with Crippen LogP contribution in [-0.4, -0.2) is 63.1 Å². The molecule has 2 N–H and O–H groups in total. The van der Waals surface area contributed by atoms with Crippen molar-refractivity contribution < 1.29 is 19.4 Å². The van der Waals surface area contributed by atoms with Gasteiger partial charge in [-0.1, -0.05) is 35.0 Å². The van der Waals surface area contributed by atoms with Gasteiger partial charge in [0.05, 0.1) is 29.2 Å². The summed E-state index contributed by atoms with van der Waals surface area (Å²) in [5.74, 6) is 0.790. The van der Waals surface area contributed by atoms with Gasteiger partial charge in [0.15, 0.2) is 0 Å². The molecule has 1 aromatic heterocycles. The number of aryl methyl sites for hydroxylation is 1. The quantitative estimate of drug-likeness (QED) is 0.519. The van der Waals surface area contributed by atoms with Crippen LogP contribution >= 0.6 is 11.6 Å². The number of carbonyl (C=O) groups excluding carboxylic acids is 2. The topological polar surface area (TPSA) is 110 Å². The molecule has 10 heteroatoms. The number of nitrogens with one attached hydrogen (secondary N) is 1. The normalized spacial score (nSPS) is 18.0. The van der Waals surface area contributed by atoms with E-state index in [0.29, 0.717) is 52.0 Å². The minimum Gasteiger partial charge on any atom is -0.506 e. The Balaban J connectivity index is 1.29. The van der Waals surface area contributed by atoms with Gasteiger partial charge in [0.1, 0.15) is 11.5 Å². The average molecular weight is 538 g/mol. The first-order valence-corrected chi connectivity index (χ1v) is 13.4. The summed E-state index contributed by atoms with van der Waals surface area (Å²) in [4.78, 5) is 28.4. The third kappa shape index (κ3) is 6.10. The van der Waals surface area contributed by atoms with Crippen LogP contribution in [0.5, 0.6) is 11.5 Å². The van der Waals surface area contributed by atoms with Crippen LogP contribution in [0.2, 0.25) is 5.02 Å². The number of ether oxygens (including phenoxy) is 1. The summed E-state index contributed by atoms with van der Waals surface area (Å²) < 4.78 is 7.64. The number of hydrogen-bond donors (Lipinski definition) is 2. The summed E-state index contributed by atoms with van der Waals surface area (Å²) in [7, 11) is 0. The lowest BCUT2D eigenvalue weighted by atomic mass is 9.74. The van der Waals surface area contributed by atoms with Crippen LogP contribution in [0.25, 0.3) is 0 Å². The molecule has 0 aliphatic carbocycles. The number of nitrogens with zero attached hydrogens (tertiary/aromatic N) is 4. The minimum atomic E-state index is -0.666. The average Bonchev–Trinajstić information content (AvgIpc) is 3.36. The molecular weight excluding hydrogens is 506 g/mol. The fraction of sp³-hybridized carbons (Fsp3) is 0.429. The molecule has 200 valence electrons. The molecule has 38 heavy (non-hydrogen) atoms. The van der Waals surface area contributed by atoms with E-state index < -0.39 is 5.41 Å². The van der Waals surface area contributed by atoms with Gasteiger partial charge in [-0.05, 0) is 54.7 Å². The number of piperidine rings is 1. The first kappa shape index (κ1) is 26.0. The molecule has 1 fully saturated rings. The SMILES string of the molecule is O=C(Cc1ccc(O)c(Cl)c1)N1CCC2(CC1)Cc1cn(nn1)CCCOc1ccc(cc1)CCNC2=O. The van der Waals surface area contributed by atoms with E-state index in [1.54, 1.807) is 21.7 Å². The summed E-state index contributed by atoms with van der Waals surface area (Å²) in [6.07, 6.45) is 5.16. The van der Waals surface area contributed by atoms with Gasteiger partial charge >= 0.3 is 0 Å². The molecule has 6 rings (SSSR count). The van der Waals surface area contributed by atoms with E-state index in [1.165, 1.54) is 6.07 Å². The first-order valence-electron chi connectivity index (χ1n) is 13.0. The Kier molecular flexibility index (Phi) is 7.83. The molecule has 1 saturated heterocycles. The highest BCUT2D eigenvalue weighted by Gasteiger charge is 2.42. The number of rotatable bonds is 2. The maximum absolute atomic E-state index is 13.6. The van der Waals surface area contributed by atoms with Crippen molar-refractivity contribution in [2.24, 2.45) is 5.41 Å². The smallest absolute Gasteiger partial charge is 0.226 e. The molecule has 9 nitrogen and oxygen atoms in total. The Bertz CT molecular complexity index is 1280. The summed E-state index contributed by atoms with van der Waals surface area (Å²) >= 11 is 6.01. The Morgan fingerprint density at radius 1 is 1.13 bits per heavy atom. The molecular formula is C28H32ClN5O4. The number of aromatic nitrogens is 3. The Morgan fingerprint density at radius 2 is 1.92 bits per heavy atom. The molecule has 0 radical (unpaired) electrons. The van der Waals surface area contributed by atoms with Crippen LogP contribution in [0.15, 0.2) is 48.7 Å². The van der Waals surface area contributed by atoms with Crippen molar-refractivity contribution >= 4 is 23.4 Å². The van der Waals surface area contributed by atoms with Crippen molar-refractivity contribution in [1.29, 1.82) is 0 Å². The highest BCUT2D eigenvalue weighted by molar-refractivity contribution is 6.32. The van der Waals surface area contributed by atoms with Crippen molar-refractivity contribution in [3.63, 3.8) is 0 Å². The lowest BCUT2D eigenvalue weighted by Crippen LogP contribution is -2.51. The highest BCUT2D eigenvalue weighted by Crippen LogP contribution is 2.36. The Hall–Kier alpha value is -3.59. The molecule has 4 heterocycles. The zero-order valence-corrected chi connectivity index (χ0v) is 22.0. The molecule has 2 aromatic carbocycles. The van der Waals surface area contributed by atoms with Crippen LogP contribution in [-0.2, 0) is 35.4 Å². The molecule has 1 spiro atoms. The van der Waals surface area contributed by atoms with Gasteiger partial charge in [-0.25, -0.2) is 0 Å². The van der Waals surface area contributed by atoms with Gasteiger partial charge in [-0.15, -0.1) is 5.10 Å². The monoisotopic (exact) mass is 537 g/mol. The van der Waals surface area contributed by atoms with Crippen LogP contribution < -0.4 is 10.1 Å². The number of fused-ring (bicyclic) bond motifs is 8. The van der Waals surface area contributed by atoms with E-state index in [1.807, 2.05) is 30.5 Å². The van der Waals surface area contributed by atoms with E-state index in [0.717, 1.165) is 35.4 Å². The molecule has 3 aromatic rings. The largest absolute Gasteiger partial charge is 0.506 e. The molecule has 4 bridgehead atoms. The second-order valence-electron chi connectivity index (χ2n) is 10.1. The standard InChI is InChI=1S/C28H32ClN5O4/c29-24-16-21(4-7-25(24)35)17-26(36)33-13-9-28(10-14-33)18-22-19-34(32-31-22)12-1-15-38-23-5-2-20(3-6-23)8-11-30-27(28)37/h2-7,16,19,35H,1,8-15,17-18H2,(H,30,37). The maximum Gasteiger partial charge on any atom is 0.226 e. The van der Waals surface area contributed by atoms with Crippen LogP contribution in [0.4, 0.5) is 0 Å². The first-order chi connectivity index (χ1) is 18.4. The molecule has 2 amide bonds. The molecule has 3 aliphatic heterocycles. The molecule has 0 saturated carbocycles. The molecule has 0 atom stereocenters. The number of phenols is 1. The fourth-order valence-corrected chi connectivity index (χ4v) is 5.37. The number of likely N-dealkylation sites (tertiary alicyclic amines) is 1. The zero-order chi connectivity index (χ0) is 26.5. The van der Waals surface area contributed by atoms with E-state index >= 15 is 0 Å². The zero-order valence-electron chi connectivity index (χ0n) is 21.2. The van der Waals surface area contributed by atoms with Gasteiger partial charge in [0.2, 0.25) is 11.8 Å². The summed E-state index contributed by atoms with van der Waals surface area (Å²) in [6, 6.07) is 12.8. The lowest BCUT2D eigenvalue weighted by Gasteiger charge is -2.40. The van der Waals surface area contributed by atoms with Crippen LogP contribution in [0.1, 0.15) is 36.1 Å². The molecule has 0 unspecified atom stereocenters. The Morgan fingerprint density at radius 3 is 2.68 bits per heavy atom. The van der Waals surface area contributed by atoms with Gasteiger partial charge in [-0.3, -0.25) is 14.3 Å². The Labute approximate surface area is 226 Å². The van der Waals surface area contributed by atoms with Gasteiger partial charge in [0, 0.05) is 45.2 Å². The minimum absolute atomic E-state index is 0.00580. The van der Waals surface area contributed by atoms with Gasteiger partial charge in [0.25, 0.3) is 0 Å². The summed E-state index contributed by atoms with van der Waals surface area (Å²) in [5, 5.41) is 21.6. The number of carbonyl (C=O) groups is 2. The van der Waals surface area contributed by atoms with E-state index in [2.05, 4.69) is 15.6 Å². The summed E-state index contributed by atoms with van der Waals surface area (Å²) in [6.45, 7) is 2.74. The van der Waals surface area contributed by atoms with Crippen molar-refractivity contribution in [3.8, 4) is 11.5 Å². The van der Waals surface area contributed by atoms with Crippen molar-refractivity contribution in [3.05, 3.63) is 70.5 Å². The summed E-state index contributed by atoms with van der Waals surface area (Å²) in [5.41, 5.74) is 1.98. The number of hydrogen-bond acceptors (Lipinski definition) is 6. The fourth-order valence-electron chi connectivity index (χ4n) is 5.17. The van der Waals surface area contributed by atoms with Gasteiger partial charge in [-0.2, -0.15) is 0 Å². The van der Waals surface area contributed by atoms with Crippen molar-refractivity contribution in [1.82, 2.24) is 25.2 Å². The van der Waals surface area contributed by atoms with Crippen LogP contribution in [0.3, 0.4) is 0 Å². The number of phenolic OH excluding ortho intramolecular Hbond substituents is 1. The predicted octanol–water partition coefficient (Wildman–Crippen LogP) is 3.17. The number of aromatic hydroxyl groups is 1. The molecule has 3 aliphatic rings.